The van der Waals surface area contributed by atoms with E-state index >= 15 is 0 Å². The van der Waals surface area contributed by atoms with Crippen molar-refractivity contribution in [3.05, 3.63) is 54.0 Å². The molecule has 2 saturated heterocycles. The summed E-state index contributed by atoms with van der Waals surface area (Å²) in [7, 11) is 1.69. The Balaban J connectivity index is 1.37. The van der Waals surface area contributed by atoms with E-state index in [-0.39, 0.29) is 17.9 Å². The van der Waals surface area contributed by atoms with Gasteiger partial charge in [0.2, 0.25) is 0 Å². The van der Waals surface area contributed by atoms with E-state index in [0.29, 0.717) is 18.8 Å². The highest BCUT2D eigenvalue weighted by molar-refractivity contribution is 6.19. The molecule has 0 atom stereocenters. The molecule has 2 aromatic rings. The number of carbonyl (C=O) groups excluding carboxylic acids is 1. The number of pyridine rings is 1. The number of nitrogens with one attached hydrogen (secondary N) is 2. The van der Waals surface area contributed by atoms with E-state index in [4.69, 9.17) is 9.73 Å². The van der Waals surface area contributed by atoms with Crippen molar-refractivity contribution in [2.75, 3.05) is 43.6 Å². The van der Waals surface area contributed by atoms with Crippen LogP contribution in [-0.2, 0) is 11.3 Å². The molecule has 1 aliphatic carbocycles. The van der Waals surface area contributed by atoms with Gasteiger partial charge in [0.15, 0.2) is 0 Å². The van der Waals surface area contributed by atoms with Gasteiger partial charge in [0.1, 0.15) is 23.0 Å². The number of aliphatic imine (C=N–C) groups is 1. The summed E-state index contributed by atoms with van der Waals surface area (Å²) in [6.07, 6.45) is 8.96. The van der Waals surface area contributed by atoms with E-state index in [9.17, 15) is 9.18 Å². The van der Waals surface area contributed by atoms with Crippen molar-refractivity contribution in [1.29, 1.82) is 0 Å². The zero-order valence-electron chi connectivity index (χ0n) is 21.6. The number of ether oxygens (including phenoxy) is 1. The Kier molecular flexibility index (Phi) is 8.00. The van der Waals surface area contributed by atoms with Gasteiger partial charge < -0.3 is 10.1 Å². The van der Waals surface area contributed by atoms with Gasteiger partial charge in [0.05, 0.1) is 12.6 Å². The maximum Gasteiger partial charge on any atom is 0.328 e. The maximum atomic E-state index is 14.2. The number of methoxy groups -OCH3 is 1. The van der Waals surface area contributed by atoms with Gasteiger partial charge in [-0.2, -0.15) is 0 Å². The molecule has 1 aromatic heterocycles. The lowest BCUT2D eigenvalue weighted by Gasteiger charge is -2.44. The zero-order valence-corrected chi connectivity index (χ0v) is 21.6. The second-order valence-electron chi connectivity index (χ2n) is 10.3. The predicted molar refractivity (Wildman–Crippen MR) is 144 cm³/mol. The number of aromatic nitrogens is 1. The van der Waals surface area contributed by atoms with Crippen LogP contribution in [0.2, 0.25) is 0 Å². The smallest absolute Gasteiger partial charge is 0.328 e. The molecule has 2 N–H and O–H groups in total. The van der Waals surface area contributed by atoms with Gasteiger partial charge in [0.25, 0.3) is 0 Å². The molecule has 0 radical (unpaired) electrons. The first-order chi connectivity index (χ1) is 18.1. The lowest BCUT2D eigenvalue weighted by Crippen LogP contribution is -2.57. The van der Waals surface area contributed by atoms with Gasteiger partial charge in [-0.1, -0.05) is 31.4 Å². The number of carbonyl (C=O) groups is 1. The lowest BCUT2D eigenvalue weighted by molar-refractivity contribution is 0.184. The zero-order chi connectivity index (χ0) is 25.7. The van der Waals surface area contributed by atoms with Crippen molar-refractivity contribution >= 4 is 23.4 Å². The SMILES string of the molecule is COCCNc1ncccc1CN1CCC2(CC1)C(=NC1CCCCC1)NC(=O)N2c1cccc(F)c1. The number of benzene rings is 1. The first kappa shape index (κ1) is 25.6. The van der Waals surface area contributed by atoms with E-state index in [1.807, 2.05) is 12.1 Å². The predicted octanol–water partition coefficient (Wildman–Crippen LogP) is 4.57. The maximum absolute atomic E-state index is 14.2. The third-order valence-corrected chi connectivity index (χ3v) is 7.82. The first-order valence-electron chi connectivity index (χ1n) is 13.4. The van der Waals surface area contributed by atoms with Crippen LogP contribution in [0.4, 0.5) is 20.7 Å². The molecule has 0 bridgehead atoms. The number of rotatable bonds is 8. The Bertz CT molecular complexity index is 1110. The van der Waals surface area contributed by atoms with Crippen LogP contribution >= 0.6 is 0 Å². The molecule has 5 rings (SSSR count). The van der Waals surface area contributed by atoms with Gasteiger partial charge >= 0.3 is 6.03 Å². The van der Waals surface area contributed by atoms with Crippen LogP contribution in [0.1, 0.15) is 50.5 Å². The molecule has 1 aromatic carbocycles. The molecule has 2 aliphatic heterocycles. The van der Waals surface area contributed by atoms with E-state index in [1.54, 1.807) is 24.3 Å². The summed E-state index contributed by atoms with van der Waals surface area (Å²) in [4.78, 5) is 27.1. The van der Waals surface area contributed by atoms with Gasteiger partial charge in [-0.25, -0.2) is 14.2 Å². The minimum absolute atomic E-state index is 0.217. The van der Waals surface area contributed by atoms with Gasteiger partial charge in [-0.15, -0.1) is 0 Å². The minimum atomic E-state index is -0.590. The monoisotopic (exact) mass is 508 g/mol. The van der Waals surface area contributed by atoms with Gasteiger partial charge in [-0.3, -0.25) is 20.1 Å². The van der Waals surface area contributed by atoms with E-state index < -0.39 is 5.54 Å². The van der Waals surface area contributed by atoms with Crippen molar-refractivity contribution in [2.24, 2.45) is 4.99 Å². The number of halogens is 1. The molecule has 198 valence electrons. The Hall–Kier alpha value is -3.04. The Labute approximate surface area is 218 Å². The normalized spacial score (nSPS) is 21.5. The van der Waals surface area contributed by atoms with Crippen molar-refractivity contribution in [3.63, 3.8) is 0 Å². The number of hydrogen-bond donors (Lipinski definition) is 2. The van der Waals surface area contributed by atoms with Crippen LogP contribution in [0.15, 0.2) is 47.6 Å². The summed E-state index contributed by atoms with van der Waals surface area (Å²) >= 11 is 0. The number of nitrogens with zero attached hydrogens (tertiary/aromatic N) is 4. The standard InChI is InChI=1S/C28H37FN6O2/c1-37-18-15-31-25-21(7-6-14-30-25)20-34-16-12-28(13-17-34)26(32-23-9-3-2-4-10-23)33-27(36)35(28)24-11-5-8-22(29)19-24/h5-8,11,14,19,23H,2-4,9-10,12-13,15-18,20H2,1H3,(H,30,31)(H,32,33,36). The van der Waals surface area contributed by atoms with Crippen molar-refractivity contribution in [2.45, 2.75) is 63.1 Å². The molecular formula is C28H37FN6O2. The van der Waals surface area contributed by atoms with Crippen LogP contribution in [0.5, 0.6) is 0 Å². The van der Waals surface area contributed by atoms with Crippen molar-refractivity contribution < 1.29 is 13.9 Å². The number of hydrogen-bond acceptors (Lipinski definition) is 6. The topological polar surface area (TPSA) is 82.1 Å². The van der Waals surface area contributed by atoms with Crippen LogP contribution in [0.3, 0.4) is 0 Å². The molecule has 2 amide bonds. The highest BCUT2D eigenvalue weighted by Gasteiger charge is 2.53. The molecule has 9 heteroatoms. The van der Waals surface area contributed by atoms with Crippen LogP contribution in [0.25, 0.3) is 0 Å². The number of likely N-dealkylation sites (tertiary alicyclic amines) is 1. The highest BCUT2D eigenvalue weighted by atomic mass is 19.1. The molecule has 1 spiro atoms. The average molecular weight is 509 g/mol. The Morgan fingerprint density at radius 3 is 2.76 bits per heavy atom. The molecule has 37 heavy (non-hydrogen) atoms. The van der Waals surface area contributed by atoms with E-state index in [0.717, 1.165) is 62.5 Å². The summed E-state index contributed by atoms with van der Waals surface area (Å²) in [6.45, 7) is 3.65. The Morgan fingerprint density at radius 1 is 1.19 bits per heavy atom. The quantitative estimate of drug-likeness (QED) is 0.511. The fourth-order valence-corrected chi connectivity index (χ4v) is 5.88. The number of piperidine rings is 1. The molecule has 8 nitrogen and oxygen atoms in total. The first-order valence-corrected chi connectivity index (χ1v) is 13.4. The summed E-state index contributed by atoms with van der Waals surface area (Å²) in [5.74, 6) is 1.29. The molecule has 3 fully saturated rings. The van der Waals surface area contributed by atoms with E-state index in [1.165, 1.54) is 31.4 Å². The fourth-order valence-electron chi connectivity index (χ4n) is 5.88. The third-order valence-electron chi connectivity index (χ3n) is 7.82. The largest absolute Gasteiger partial charge is 0.383 e. The Morgan fingerprint density at radius 2 is 2.00 bits per heavy atom. The summed E-state index contributed by atoms with van der Waals surface area (Å²) < 4.78 is 19.4. The molecule has 3 aliphatic rings. The minimum Gasteiger partial charge on any atom is -0.383 e. The summed E-state index contributed by atoms with van der Waals surface area (Å²) in [5.41, 5.74) is 1.12. The second-order valence-corrected chi connectivity index (χ2v) is 10.3. The van der Waals surface area contributed by atoms with Crippen molar-refractivity contribution in [1.82, 2.24) is 15.2 Å². The molecule has 3 heterocycles. The molecular weight excluding hydrogens is 471 g/mol. The van der Waals surface area contributed by atoms with Gasteiger partial charge in [0, 0.05) is 50.7 Å². The number of amides is 2. The summed E-state index contributed by atoms with van der Waals surface area (Å²) in [6, 6.07) is 10.4. The highest BCUT2D eigenvalue weighted by Crippen LogP contribution is 2.39. The number of urea groups is 1. The molecule has 1 saturated carbocycles. The number of amidine groups is 1. The van der Waals surface area contributed by atoms with Crippen LogP contribution < -0.4 is 15.5 Å². The van der Waals surface area contributed by atoms with E-state index in [2.05, 4.69) is 26.6 Å². The number of anilines is 2. The van der Waals surface area contributed by atoms with Gasteiger partial charge in [-0.05, 0) is 49.9 Å². The van der Waals surface area contributed by atoms with Crippen LogP contribution in [0, 0.1) is 5.82 Å². The van der Waals surface area contributed by atoms with Crippen LogP contribution in [-0.4, -0.2) is 66.7 Å². The molecule has 0 unspecified atom stereocenters. The average Bonchev–Trinajstić information content (AvgIpc) is 3.17. The van der Waals surface area contributed by atoms with Crippen molar-refractivity contribution in [3.8, 4) is 0 Å². The summed E-state index contributed by atoms with van der Waals surface area (Å²) in [5, 5.41) is 6.46. The fraction of sp³-hybridized carbons (Fsp3) is 0.536. The lowest BCUT2D eigenvalue weighted by atomic mass is 9.84. The third kappa shape index (κ3) is 5.62. The second kappa shape index (κ2) is 11.6.